The molecule has 0 spiro atoms. The van der Waals surface area contributed by atoms with Crippen molar-refractivity contribution in [1.82, 2.24) is 5.06 Å². The molecule has 23 heavy (non-hydrogen) atoms. The van der Waals surface area contributed by atoms with Crippen molar-refractivity contribution >= 4 is 11.7 Å². The van der Waals surface area contributed by atoms with Crippen LogP contribution >= 0.6 is 0 Å². The molecular weight excluding hydrogens is 292 g/mol. The molecule has 118 valence electrons. The van der Waals surface area contributed by atoms with Gasteiger partial charge in [0.25, 0.3) is 0 Å². The van der Waals surface area contributed by atoms with Gasteiger partial charge in [0.1, 0.15) is 11.5 Å². The lowest BCUT2D eigenvalue weighted by Gasteiger charge is -2.21. The SMILES string of the molecule is O=C(Nc1cccc(Oc2ccccc2)c1)N(O)C1C=CCC1. The summed E-state index contributed by atoms with van der Waals surface area (Å²) in [6, 6.07) is 15.6. The zero-order valence-corrected chi connectivity index (χ0v) is 12.6. The third-order valence-electron chi connectivity index (χ3n) is 3.57. The summed E-state index contributed by atoms with van der Waals surface area (Å²) in [5, 5.41) is 13.3. The Hall–Kier alpha value is -2.79. The average molecular weight is 310 g/mol. The number of allylic oxidation sites excluding steroid dienone is 1. The first-order chi connectivity index (χ1) is 11.2. The molecule has 0 bridgehead atoms. The van der Waals surface area contributed by atoms with Crippen LogP contribution in [0.5, 0.6) is 11.5 Å². The van der Waals surface area contributed by atoms with E-state index < -0.39 is 6.03 Å². The number of urea groups is 1. The van der Waals surface area contributed by atoms with E-state index in [1.165, 1.54) is 0 Å². The highest BCUT2D eigenvalue weighted by Gasteiger charge is 2.22. The number of hydrogen-bond donors (Lipinski definition) is 2. The highest BCUT2D eigenvalue weighted by atomic mass is 16.5. The lowest BCUT2D eigenvalue weighted by molar-refractivity contribution is -0.0588. The fourth-order valence-corrected chi connectivity index (χ4v) is 2.41. The van der Waals surface area contributed by atoms with Crippen LogP contribution in [0.1, 0.15) is 12.8 Å². The standard InChI is InChI=1S/C18H18N2O3/c21-18(20(22)15-8-4-5-9-15)19-14-7-6-12-17(13-14)23-16-10-2-1-3-11-16/h1-4,6-8,10-13,15,22H,5,9H2,(H,19,21). The summed E-state index contributed by atoms with van der Waals surface area (Å²) < 4.78 is 5.72. The summed E-state index contributed by atoms with van der Waals surface area (Å²) in [6.45, 7) is 0. The van der Waals surface area contributed by atoms with Gasteiger partial charge in [0, 0.05) is 11.8 Å². The predicted molar refractivity (Wildman–Crippen MR) is 87.8 cm³/mol. The zero-order valence-electron chi connectivity index (χ0n) is 12.6. The Bertz CT molecular complexity index is 700. The average Bonchev–Trinajstić information content (AvgIpc) is 3.10. The van der Waals surface area contributed by atoms with Gasteiger partial charge in [-0.05, 0) is 37.1 Å². The Morgan fingerprint density at radius 2 is 1.91 bits per heavy atom. The normalized spacial score (nSPS) is 16.1. The minimum absolute atomic E-state index is 0.265. The maximum absolute atomic E-state index is 12.1. The number of amides is 2. The lowest BCUT2D eigenvalue weighted by atomic mass is 10.2. The molecule has 5 heteroatoms. The number of benzene rings is 2. The van der Waals surface area contributed by atoms with Gasteiger partial charge < -0.3 is 10.1 Å². The summed E-state index contributed by atoms with van der Waals surface area (Å²) in [7, 11) is 0. The van der Waals surface area contributed by atoms with Gasteiger partial charge >= 0.3 is 6.03 Å². The van der Waals surface area contributed by atoms with E-state index in [0.717, 1.165) is 23.7 Å². The largest absolute Gasteiger partial charge is 0.457 e. The van der Waals surface area contributed by atoms with Gasteiger partial charge in [0.2, 0.25) is 0 Å². The number of nitrogens with zero attached hydrogens (tertiary/aromatic N) is 1. The van der Waals surface area contributed by atoms with E-state index in [2.05, 4.69) is 5.32 Å². The molecule has 2 aromatic carbocycles. The van der Waals surface area contributed by atoms with Crippen LogP contribution in [0.4, 0.5) is 10.5 Å². The van der Waals surface area contributed by atoms with Crippen LogP contribution in [0.25, 0.3) is 0 Å². The van der Waals surface area contributed by atoms with Gasteiger partial charge in [-0.2, -0.15) is 5.06 Å². The first kappa shape index (κ1) is 15.1. The molecule has 0 radical (unpaired) electrons. The van der Waals surface area contributed by atoms with Crippen LogP contribution in [-0.4, -0.2) is 22.3 Å². The molecule has 0 aromatic heterocycles. The highest BCUT2D eigenvalue weighted by molar-refractivity contribution is 5.89. The smallest absolute Gasteiger partial charge is 0.346 e. The van der Waals surface area contributed by atoms with Crippen LogP contribution in [0.3, 0.4) is 0 Å². The maximum atomic E-state index is 12.1. The molecule has 0 heterocycles. The van der Waals surface area contributed by atoms with Gasteiger partial charge in [0.15, 0.2) is 0 Å². The molecule has 2 N–H and O–H groups in total. The number of hydrogen-bond acceptors (Lipinski definition) is 3. The molecule has 0 fully saturated rings. The summed E-state index contributed by atoms with van der Waals surface area (Å²) in [5.41, 5.74) is 0.560. The van der Waals surface area contributed by atoms with E-state index >= 15 is 0 Å². The van der Waals surface area contributed by atoms with Crippen LogP contribution in [0.2, 0.25) is 0 Å². The van der Waals surface area contributed by atoms with E-state index in [0.29, 0.717) is 11.4 Å². The van der Waals surface area contributed by atoms with Gasteiger partial charge in [-0.1, -0.05) is 36.4 Å². The molecule has 1 aliphatic rings. The molecule has 3 rings (SSSR count). The fourth-order valence-electron chi connectivity index (χ4n) is 2.41. The Morgan fingerprint density at radius 1 is 1.13 bits per heavy atom. The van der Waals surface area contributed by atoms with E-state index in [-0.39, 0.29) is 6.04 Å². The zero-order chi connectivity index (χ0) is 16.1. The minimum Gasteiger partial charge on any atom is -0.457 e. The van der Waals surface area contributed by atoms with Crippen molar-refractivity contribution < 1.29 is 14.7 Å². The molecule has 2 amide bonds. The van der Waals surface area contributed by atoms with E-state index in [1.54, 1.807) is 24.3 Å². The predicted octanol–water partition coefficient (Wildman–Crippen LogP) is 4.42. The first-order valence-electron chi connectivity index (χ1n) is 7.51. The van der Waals surface area contributed by atoms with Crippen LogP contribution < -0.4 is 10.1 Å². The molecule has 1 atom stereocenters. The van der Waals surface area contributed by atoms with Gasteiger partial charge in [0.05, 0.1) is 6.04 Å². The van der Waals surface area contributed by atoms with Crippen LogP contribution in [0, 0.1) is 0 Å². The second kappa shape index (κ2) is 6.98. The van der Waals surface area contributed by atoms with Gasteiger partial charge in [-0.15, -0.1) is 0 Å². The van der Waals surface area contributed by atoms with Crippen molar-refractivity contribution in [2.45, 2.75) is 18.9 Å². The summed E-state index contributed by atoms with van der Waals surface area (Å²) in [5.74, 6) is 1.33. The first-order valence-corrected chi connectivity index (χ1v) is 7.51. The molecular formula is C18H18N2O3. The monoisotopic (exact) mass is 310 g/mol. The van der Waals surface area contributed by atoms with Crippen molar-refractivity contribution in [2.75, 3.05) is 5.32 Å². The van der Waals surface area contributed by atoms with Crippen molar-refractivity contribution in [3.8, 4) is 11.5 Å². The second-order valence-electron chi connectivity index (χ2n) is 5.29. The second-order valence-corrected chi connectivity index (χ2v) is 5.29. The number of carbonyl (C=O) groups excluding carboxylic acids is 1. The third kappa shape index (κ3) is 3.90. The fraction of sp³-hybridized carbons (Fsp3) is 0.167. The molecule has 1 aliphatic carbocycles. The summed E-state index contributed by atoms with van der Waals surface area (Å²) in [4.78, 5) is 12.1. The van der Waals surface area contributed by atoms with Gasteiger partial charge in [-0.25, -0.2) is 4.79 Å². The van der Waals surface area contributed by atoms with Crippen molar-refractivity contribution in [2.24, 2.45) is 0 Å². The molecule has 1 unspecified atom stereocenters. The lowest BCUT2D eigenvalue weighted by Crippen LogP contribution is -2.38. The van der Waals surface area contributed by atoms with Crippen molar-refractivity contribution in [3.63, 3.8) is 0 Å². The Balaban J connectivity index is 1.65. The van der Waals surface area contributed by atoms with E-state index in [4.69, 9.17) is 4.74 Å². The molecule has 0 aliphatic heterocycles. The van der Waals surface area contributed by atoms with E-state index in [9.17, 15) is 10.0 Å². The number of rotatable bonds is 4. The Labute approximate surface area is 134 Å². The Kier molecular flexibility index (Phi) is 4.59. The van der Waals surface area contributed by atoms with E-state index in [1.807, 2.05) is 42.5 Å². The molecule has 5 nitrogen and oxygen atoms in total. The van der Waals surface area contributed by atoms with Gasteiger partial charge in [-0.3, -0.25) is 5.21 Å². The number of para-hydroxylation sites is 1. The third-order valence-corrected chi connectivity index (χ3v) is 3.57. The number of hydroxylamine groups is 2. The molecule has 0 saturated carbocycles. The summed E-state index contributed by atoms with van der Waals surface area (Å²) in [6.07, 6.45) is 5.39. The number of nitrogens with one attached hydrogen (secondary N) is 1. The van der Waals surface area contributed by atoms with Crippen LogP contribution in [-0.2, 0) is 0 Å². The molecule has 0 saturated heterocycles. The number of anilines is 1. The maximum Gasteiger partial charge on any atom is 0.346 e. The minimum atomic E-state index is -0.557. The molecule has 2 aromatic rings. The highest BCUT2D eigenvalue weighted by Crippen LogP contribution is 2.24. The van der Waals surface area contributed by atoms with Crippen molar-refractivity contribution in [1.29, 1.82) is 0 Å². The number of ether oxygens (including phenoxy) is 1. The topological polar surface area (TPSA) is 61.8 Å². The van der Waals surface area contributed by atoms with Crippen LogP contribution in [0.15, 0.2) is 66.7 Å². The Morgan fingerprint density at radius 3 is 2.65 bits per heavy atom. The van der Waals surface area contributed by atoms with Crippen molar-refractivity contribution in [3.05, 3.63) is 66.7 Å². The number of carbonyl (C=O) groups is 1. The quantitative estimate of drug-likeness (QED) is 0.499. The summed E-state index contributed by atoms with van der Waals surface area (Å²) >= 11 is 0.